The van der Waals surface area contributed by atoms with Crippen LogP contribution in [0.3, 0.4) is 0 Å². The fourth-order valence-electron chi connectivity index (χ4n) is 4.35. The van der Waals surface area contributed by atoms with Crippen LogP contribution < -0.4 is 5.32 Å². The van der Waals surface area contributed by atoms with E-state index in [4.69, 9.17) is 0 Å². The first-order chi connectivity index (χ1) is 12.8. The van der Waals surface area contributed by atoms with E-state index in [0.29, 0.717) is 5.92 Å². The van der Waals surface area contributed by atoms with Crippen molar-refractivity contribution < 1.29 is 4.79 Å². The number of benzene rings is 2. The maximum Gasteiger partial charge on any atom is 0.342 e. The van der Waals surface area contributed by atoms with Crippen molar-refractivity contribution in [3.05, 3.63) is 54.7 Å². The van der Waals surface area contributed by atoms with Gasteiger partial charge in [-0.2, -0.15) is 9.78 Å². The van der Waals surface area contributed by atoms with Gasteiger partial charge in [0, 0.05) is 18.0 Å². The number of nitrogens with zero attached hydrogens (tertiary/aromatic N) is 3. The summed E-state index contributed by atoms with van der Waals surface area (Å²) in [5.41, 5.74) is 3.15. The van der Waals surface area contributed by atoms with Crippen molar-refractivity contribution in [2.75, 3.05) is 19.6 Å². The highest BCUT2D eigenvalue weighted by molar-refractivity contribution is 5.92. The fraction of sp³-hybridized carbons (Fsp3) is 0.333. The molecule has 5 nitrogen and oxygen atoms in total. The molecule has 6 rings (SSSR count). The molecule has 0 spiro atoms. The molecule has 2 aromatic carbocycles. The van der Waals surface area contributed by atoms with Crippen molar-refractivity contribution in [2.45, 2.75) is 18.9 Å². The van der Waals surface area contributed by atoms with Gasteiger partial charge in [0.2, 0.25) is 0 Å². The van der Waals surface area contributed by atoms with E-state index in [1.165, 1.54) is 36.2 Å². The fourth-order valence-corrected chi connectivity index (χ4v) is 4.35. The summed E-state index contributed by atoms with van der Waals surface area (Å²) in [4.78, 5) is 15.2. The van der Waals surface area contributed by atoms with Gasteiger partial charge in [0.25, 0.3) is 0 Å². The number of rotatable bonds is 2. The summed E-state index contributed by atoms with van der Waals surface area (Å²) < 4.78 is 1.50. The number of aromatic nitrogens is 2. The van der Waals surface area contributed by atoms with E-state index in [1.807, 2.05) is 24.3 Å². The molecule has 3 saturated heterocycles. The number of amides is 1. The molecule has 2 bridgehead atoms. The zero-order valence-electron chi connectivity index (χ0n) is 14.6. The molecule has 3 aliphatic rings. The lowest BCUT2D eigenvalue weighted by molar-refractivity contribution is 0.0766. The standard InChI is InChI=1S/C21H22N4O/c26-21(23-19-14-24-10-8-16(19)9-11-24)25-20-7-6-17(12-18(20)13-22-25)15-4-2-1-3-5-15/h1-7,12-13,16,19H,8-11,14H2,(H,23,26)/t19-/m0/s1. The second kappa shape index (κ2) is 6.25. The van der Waals surface area contributed by atoms with E-state index < -0.39 is 0 Å². The minimum Gasteiger partial charge on any atom is -0.332 e. The van der Waals surface area contributed by atoms with Gasteiger partial charge in [0.1, 0.15) is 0 Å². The second-order valence-corrected chi connectivity index (χ2v) is 7.39. The lowest BCUT2D eigenvalue weighted by Gasteiger charge is -2.44. The first-order valence-electron chi connectivity index (χ1n) is 9.34. The van der Waals surface area contributed by atoms with Crippen molar-refractivity contribution >= 4 is 16.9 Å². The molecule has 0 radical (unpaired) electrons. The summed E-state index contributed by atoms with van der Waals surface area (Å²) in [6.07, 6.45) is 4.15. The summed E-state index contributed by atoms with van der Waals surface area (Å²) >= 11 is 0. The molecule has 1 aromatic heterocycles. The van der Waals surface area contributed by atoms with Gasteiger partial charge in [-0.1, -0.05) is 36.4 Å². The van der Waals surface area contributed by atoms with Gasteiger partial charge in [-0.25, -0.2) is 4.79 Å². The monoisotopic (exact) mass is 346 g/mol. The van der Waals surface area contributed by atoms with E-state index in [9.17, 15) is 4.79 Å². The van der Waals surface area contributed by atoms with Crippen molar-refractivity contribution in [1.29, 1.82) is 0 Å². The van der Waals surface area contributed by atoms with E-state index in [0.717, 1.165) is 23.0 Å². The first-order valence-corrected chi connectivity index (χ1v) is 9.34. The normalized spacial score (nSPS) is 24.7. The van der Waals surface area contributed by atoms with E-state index >= 15 is 0 Å². The molecule has 1 amide bonds. The molecule has 0 aliphatic carbocycles. The molecule has 26 heavy (non-hydrogen) atoms. The van der Waals surface area contributed by atoms with Crippen molar-refractivity contribution in [3.8, 4) is 11.1 Å². The minimum absolute atomic E-state index is 0.119. The van der Waals surface area contributed by atoms with Crippen LogP contribution in [0.25, 0.3) is 22.0 Å². The average molecular weight is 346 g/mol. The molecule has 5 heteroatoms. The zero-order chi connectivity index (χ0) is 17.5. The van der Waals surface area contributed by atoms with Crippen LogP contribution >= 0.6 is 0 Å². The summed E-state index contributed by atoms with van der Waals surface area (Å²) in [6, 6.07) is 16.5. The van der Waals surface area contributed by atoms with Crippen LogP contribution in [0.15, 0.2) is 54.7 Å². The number of carbonyl (C=O) groups is 1. The summed E-state index contributed by atoms with van der Waals surface area (Å²) in [7, 11) is 0. The lowest BCUT2D eigenvalue weighted by Crippen LogP contribution is -2.57. The molecule has 0 saturated carbocycles. The van der Waals surface area contributed by atoms with Crippen LogP contribution in [0.4, 0.5) is 4.79 Å². The molecule has 1 atom stereocenters. The Morgan fingerprint density at radius 3 is 2.58 bits per heavy atom. The quantitative estimate of drug-likeness (QED) is 0.774. The number of hydrogen-bond acceptors (Lipinski definition) is 3. The largest absolute Gasteiger partial charge is 0.342 e. The van der Waals surface area contributed by atoms with E-state index in [-0.39, 0.29) is 12.1 Å². The van der Waals surface area contributed by atoms with Crippen LogP contribution in [0.1, 0.15) is 12.8 Å². The van der Waals surface area contributed by atoms with Crippen LogP contribution in [0.2, 0.25) is 0 Å². The van der Waals surface area contributed by atoms with Gasteiger partial charge in [0.15, 0.2) is 0 Å². The third-order valence-corrected chi connectivity index (χ3v) is 5.83. The van der Waals surface area contributed by atoms with Crippen molar-refractivity contribution in [2.24, 2.45) is 5.92 Å². The average Bonchev–Trinajstić information content (AvgIpc) is 3.13. The Morgan fingerprint density at radius 1 is 1.04 bits per heavy atom. The van der Waals surface area contributed by atoms with Crippen molar-refractivity contribution in [3.63, 3.8) is 0 Å². The molecule has 0 unspecified atom stereocenters. The summed E-state index contributed by atoms with van der Waals surface area (Å²) in [5.74, 6) is 0.607. The Labute approximate surface area is 152 Å². The highest BCUT2D eigenvalue weighted by atomic mass is 16.2. The molecule has 1 N–H and O–H groups in total. The molecular weight excluding hydrogens is 324 g/mol. The van der Waals surface area contributed by atoms with Crippen LogP contribution in [-0.4, -0.2) is 46.4 Å². The van der Waals surface area contributed by atoms with Gasteiger partial charge >= 0.3 is 6.03 Å². The molecular formula is C21H22N4O. The van der Waals surface area contributed by atoms with Crippen LogP contribution in [0, 0.1) is 5.92 Å². The van der Waals surface area contributed by atoms with Gasteiger partial charge < -0.3 is 10.2 Å². The number of piperidine rings is 3. The Hall–Kier alpha value is -2.66. The molecule has 132 valence electrons. The van der Waals surface area contributed by atoms with Crippen LogP contribution in [-0.2, 0) is 0 Å². The predicted octanol–water partition coefficient (Wildman–Crippen LogP) is 3.36. The highest BCUT2D eigenvalue weighted by Gasteiger charge is 2.35. The van der Waals surface area contributed by atoms with E-state index in [2.05, 4.69) is 39.6 Å². The number of nitrogens with one attached hydrogen (secondary N) is 1. The Balaban J connectivity index is 1.40. The molecule has 4 heterocycles. The first kappa shape index (κ1) is 15.6. The molecule has 3 aliphatic heterocycles. The van der Waals surface area contributed by atoms with Gasteiger partial charge in [-0.3, -0.25) is 0 Å². The third kappa shape index (κ3) is 2.69. The van der Waals surface area contributed by atoms with Gasteiger partial charge in [0.05, 0.1) is 11.7 Å². The maximum atomic E-state index is 12.8. The lowest BCUT2D eigenvalue weighted by atomic mass is 9.84. The highest BCUT2D eigenvalue weighted by Crippen LogP contribution is 2.28. The predicted molar refractivity (Wildman–Crippen MR) is 102 cm³/mol. The van der Waals surface area contributed by atoms with Crippen LogP contribution in [0.5, 0.6) is 0 Å². The van der Waals surface area contributed by atoms with E-state index in [1.54, 1.807) is 6.20 Å². The molecule has 3 aromatic rings. The number of hydrogen-bond donors (Lipinski definition) is 1. The second-order valence-electron chi connectivity index (χ2n) is 7.39. The summed E-state index contributed by atoms with van der Waals surface area (Å²) in [5, 5.41) is 8.54. The Morgan fingerprint density at radius 2 is 1.85 bits per heavy atom. The van der Waals surface area contributed by atoms with Crippen molar-refractivity contribution in [1.82, 2.24) is 20.0 Å². The third-order valence-electron chi connectivity index (χ3n) is 5.83. The maximum absolute atomic E-state index is 12.8. The zero-order valence-corrected chi connectivity index (χ0v) is 14.6. The Kier molecular flexibility index (Phi) is 3.75. The van der Waals surface area contributed by atoms with Gasteiger partial charge in [-0.15, -0.1) is 0 Å². The SMILES string of the molecule is O=C(N[C@H]1CN2CCC1CC2)n1ncc2cc(-c3ccccc3)ccc21. The topological polar surface area (TPSA) is 50.2 Å². The minimum atomic E-state index is -0.119. The smallest absolute Gasteiger partial charge is 0.332 e. The van der Waals surface area contributed by atoms with Gasteiger partial charge in [-0.05, 0) is 55.1 Å². The molecule has 3 fully saturated rings. The number of fused-ring (bicyclic) bond motifs is 4. The number of carbonyl (C=O) groups excluding carboxylic acids is 1. The Bertz CT molecular complexity index is 941. The summed E-state index contributed by atoms with van der Waals surface area (Å²) in [6.45, 7) is 3.31.